The molecule has 1 saturated heterocycles. The lowest BCUT2D eigenvalue weighted by atomic mass is 10.00. The average Bonchev–Trinajstić information content (AvgIpc) is 2.54. The van der Waals surface area contributed by atoms with E-state index in [1.807, 2.05) is 51.0 Å². The summed E-state index contributed by atoms with van der Waals surface area (Å²) in [6.07, 6.45) is 0.711. The maximum Gasteiger partial charge on any atom is 0.414 e. The van der Waals surface area contributed by atoms with E-state index in [0.717, 1.165) is 11.3 Å². The number of cyclic esters (lactones) is 1. The third-order valence-corrected chi connectivity index (χ3v) is 4.06. The van der Waals surface area contributed by atoms with Crippen molar-refractivity contribution in [2.45, 2.75) is 51.9 Å². The highest BCUT2D eigenvalue weighted by Crippen LogP contribution is 2.34. The van der Waals surface area contributed by atoms with Crippen molar-refractivity contribution in [3.8, 4) is 0 Å². The molecule has 1 amide bonds. The van der Waals surface area contributed by atoms with Gasteiger partial charge in [-0.1, -0.05) is 18.2 Å². The van der Waals surface area contributed by atoms with Gasteiger partial charge in [-0.05, 0) is 33.3 Å². The van der Waals surface area contributed by atoms with E-state index in [2.05, 4.69) is 0 Å². The lowest BCUT2D eigenvalue weighted by molar-refractivity contribution is -0.213. The molecular formula is C18H22N2O4. The van der Waals surface area contributed by atoms with Gasteiger partial charge in [-0.2, -0.15) is 0 Å². The highest BCUT2D eigenvalue weighted by atomic mass is 16.7. The van der Waals surface area contributed by atoms with Crippen molar-refractivity contribution < 1.29 is 19.2 Å². The van der Waals surface area contributed by atoms with Gasteiger partial charge < -0.3 is 4.74 Å². The van der Waals surface area contributed by atoms with Crippen LogP contribution in [0.3, 0.4) is 0 Å². The van der Waals surface area contributed by atoms with Crippen LogP contribution in [0.4, 0.5) is 10.5 Å². The number of benzene rings is 1. The number of ether oxygens (including phenoxy) is 1. The molecule has 0 N–H and O–H groups in total. The average molecular weight is 330 g/mol. The Morgan fingerprint density at radius 3 is 2.75 bits per heavy atom. The minimum absolute atomic E-state index is 0.143. The fraction of sp³-hybridized carbons (Fsp3) is 0.500. The minimum atomic E-state index is -0.397. The summed E-state index contributed by atoms with van der Waals surface area (Å²) in [7, 11) is 0. The van der Waals surface area contributed by atoms with E-state index in [1.165, 1.54) is 0 Å². The number of para-hydroxylation sites is 1. The summed E-state index contributed by atoms with van der Waals surface area (Å²) in [6.45, 7) is 6.60. The third kappa shape index (κ3) is 3.30. The summed E-state index contributed by atoms with van der Waals surface area (Å²) in [5.74, 6) is 1.97. The number of fused-ring (bicyclic) bond motifs is 1. The first kappa shape index (κ1) is 16.6. The third-order valence-electron chi connectivity index (χ3n) is 4.06. The summed E-state index contributed by atoms with van der Waals surface area (Å²) < 4.78 is 5.28. The second kappa shape index (κ2) is 6.30. The summed E-state index contributed by atoms with van der Waals surface area (Å²) in [6, 6.07) is 7.54. The van der Waals surface area contributed by atoms with Crippen LogP contribution in [0.1, 0.15) is 39.2 Å². The molecule has 1 atom stereocenters. The Morgan fingerprint density at radius 1 is 1.29 bits per heavy atom. The summed E-state index contributed by atoms with van der Waals surface area (Å²) in [4.78, 5) is 31.2. The van der Waals surface area contributed by atoms with Crippen molar-refractivity contribution in [1.29, 1.82) is 0 Å². The highest BCUT2D eigenvalue weighted by molar-refractivity contribution is 5.91. The summed E-state index contributed by atoms with van der Waals surface area (Å²) >= 11 is 0. The largest absolute Gasteiger partial charge is 0.444 e. The number of hydrogen-bond acceptors (Lipinski definition) is 5. The van der Waals surface area contributed by atoms with E-state index in [1.54, 1.807) is 9.96 Å². The van der Waals surface area contributed by atoms with E-state index < -0.39 is 5.60 Å². The highest BCUT2D eigenvalue weighted by Gasteiger charge is 2.37. The molecule has 0 radical (unpaired) electrons. The molecule has 1 unspecified atom stereocenters. The first-order chi connectivity index (χ1) is 11.4. The number of rotatable bonds is 2. The van der Waals surface area contributed by atoms with Crippen molar-refractivity contribution in [2.24, 2.45) is 0 Å². The second-order valence-corrected chi connectivity index (χ2v) is 7.05. The van der Waals surface area contributed by atoms with Crippen LogP contribution in [0.5, 0.6) is 0 Å². The molecule has 0 aliphatic carbocycles. The van der Waals surface area contributed by atoms with Crippen LogP contribution in [0.15, 0.2) is 30.0 Å². The van der Waals surface area contributed by atoms with Crippen molar-refractivity contribution in [2.75, 3.05) is 11.4 Å². The Balaban J connectivity index is 1.82. The van der Waals surface area contributed by atoms with Crippen molar-refractivity contribution in [1.82, 2.24) is 5.06 Å². The molecule has 0 spiro atoms. The first-order valence-corrected chi connectivity index (χ1v) is 8.13. The number of piperidine rings is 1. The molecule has 3 rings (SSSR count). The van der Waals surface area contributed by atoms with E-state index in [-0.39, 0.29) is 18.7 Å². The second-order valence-electron chi connectivity index (χ2n) is 7.05. The molecule has 24 heavy (non-hydrogen) atoms. The van der Waals surface area contributed by atoms with Gasteiger partial charge in [0.05, 0.1) is 11.3 Å². The standard InChI is InChI=1S/C18H22N2O4/c1-18(2,3)24-19-9-8-14(10-15(19)11-21)20-16-7-5-4-6-13(16)12-23-17(20)22/h4-7,14H,8-10,12H2,1-3H3. The molecule has 1 aromatic carbocycles. The van der Waals surface area contributed by atoms with Crippen molar-refractivity contribution in [3.05, 3.63) is 35.5 Å². The SMILES string of the molecule is CC(C)(C)ON1CCC(N2C(=O)OCc3ccccc32)CC1=C=O. The number of hydroxylamine groups is 2. The van der Waals surface area contributed by atoms with Gasteiger partial charge in [0.25, 0.3) is 0 Å². The van der Waals surface area contributed by atoms with Gasteiger partial charge in [0.2, 0.25) is 0 Å². The number of hydrogen-bond donors (Lipinski definition) is 0. The Bertz CT molecular complexity index is 689. The molecule has 2 aliphatic heterocycles. The van der Waals surface area contributed by atoms with Gasteiger partial charge in [-0.25, -0.2) is 14.7 Å². The molecule has 6 heteroatoms. The molecule has 128 valence electrons. The number of anilines is 1. The molecule has 6 nitrogen and oxygen atoms in total. The van der Waals surface area contributed by atoms with E-state index in [9.17, 15) is 9.59 Å². The topological polar surface area (TPSA) is 59.1 Å². The number of carbonyl (C=O) groups excluding carboxylic acids is 2. The maximum absolute atomic E-state index is 12.3. The van der Waals surface area contributed by atoms with E-state index in [0.29, 0.717) is 25.1 Å². The van der Waals surface area contributed by atoms with Gasteiger partial charge in [0.15, 0.2) is 0 Å². The molecule has 2 aliphatic rings. The van der Waals surface area contributed by atoms with Gasteiger partial charge in [0, 0.05) is 24.6 Å². The molecule has 2 heterocycles. The van der Waals surface area contributed by atoms with Gasteiger partial charge in [0.1, 0.15) is 18.2 Å². The van der Waals surface area contributed by atoms with E-state index in [4.69, 9.17) is 9.57 Å². The molecule has 1 aromatic rings. The predicted molar refractivity (Wildman–Crippen MR) is 88.9 cm³/mol. The van der Waals surface area contributed by atoms with Crippen LogP contribution in [-0.4, -0.2) is 35.3 Å². The lowest BCUT2D eigenvalue weighted by Gasteiger charge is -2.41. The maximum atomic E-state index is 12.3. The van der Waals surface area contributed by atoms with Crippen molar-refractivity contribution >= 4 is 17.7 Å². The van der Waals surface area contributed by atoms with Crippen LogP contribution in [-0.2, 0) is 21.0 Å². The van der Waals surface area contributed by atoms with Crippen molar-refractivity contribution in [3.63, 3.8) is 0 Å². The Hall–Kier alpha value is -2.30. The number of carbonyl (C=O) groups is 1. The van der Waals surface area contributed by atoms with Crippen LogP contribution in [0.2, 0.25) is 0 Å². The van der Waals surface area contributed by atoms with Gasteiger partial charge in [-0.15, -0.1) is 0 Å². The molecule has 0 bridgehead atoms. The summed E-state index contributed by atoms with van der Waals surface area (Å²) in [5, 5.41) is 1.60. The van der Waals surface area contributed by atoms with Gasteiger partial charge in [-0.3, -0.25) is 9.74 Å². The minimum Gasteiger partial charge on any atom is -0.444 e. The fourth-order valence-electron chi connectivity index (χ4n) is 3.09. The van der Waals surface area contributed by atoms with Crippen LogP contribution in [0.25, 0.3) is 0 Å². The summed E-state index contributed by atoms with van der Waals surface area (Å²) in [5.41, 5.74) is 1.86. The zero-order chi connectivity index (χ0) is 17.3. The zero-order valence-electron chi connectivity index (χ0n) is 14.2. The van der Waals surface area contributed by atoms with E-state index >= 15 is 0 Å². The zero-order valence-corrected chi connectivity index (χ0v) is 14.2. The monoisotopic (exact) mass is 330 g/mol. The van der Waals surface area contributed by atoms with Crippen LogP contribution >= 0.6 is 0 Å². The number of nitrogens with zero attached hydrogens (tertiary/aromatic N) is 2. The Morgan fingerprint density at radius 2 is 2.04 bits per heavy atom. The lowest BCUT2D eigenvalue weighted by Crippen LogP contribution is -2.49. The van der Waals surface area contributed by atoms with Crippen LogP contribution < -0.4 is 4.90 Å². The smallest absolute Gasteiger partial charge is 0.414 e. The normalized spacial score (nSPS) is 21.2. The molecule has 0 aromatic heterocycles. The Kier molecular flexibility index (Phi) is 4.35. The molecule has 1 fully saturated rings. The quantitative estimate of drug-likeness (QED) is 0.780. The first-order valence-electron chi connectivity index (χ1n) is 8.13. The molecule has 0 saturated carbocycles. The number of amides is 1. The molecular weight excluding hydrogens is 308 g/mol. The Labute approximate surface area is 141 Å². The predicted octanol–water partition coefficient (Wildman–Crippen LogP) is 3.05. The fourth-order valence-corrected chi connectivity index (χ4v) is 3.09. The van der Waals surface area contributed by atoms with Gasteiger partial charge >= 0.3 is 6.09 Å². The van der Waals surface area contributed by atoms with Crippen LogP contribution in [0, 0.1) is 0 Å².